The van der Waals surface area contributed by atoms with Crippen molar-refractivity contribution in [2.24, 2.45) is 5.92 Å². The molecule has 1 atom stereocenters. The van der Waals surface area contributed by atoms with Gasteiger partial charge < -0.3 is 9.64 Å². The molecule has 1 aromatic rings. The molecular weight excluding hydrogens is 238 g/mol. The number of nitrogens with zero attached hydrogens (tertiary/aromatic N) is 1. The highest BCUT2D eigenvalue weighted by atomic mass is 16.5. The van der Waals surface area contributed by atoms with Crippen molar-refractivity contribution in [3.63, 3.8) is 0 Å². The van der Waals surface area contributed by atoms with Crippen molar-refractivity contribution in [1.82, 2.24) is 4.90 Å². The maximum absolute atomic E-state index is 12.6. The Morgan fingerprint density at radius 2 is 1.95 bits per heavy atom. The van der Waals surface area contributed by atoms with Crippen molar-refractivity contribution in [3.8, 4) is 5.75 Å². The van der Waals surface area contributed by atoms with Crippen LogP contribution < -0.4 is 4.74 Å². The molecule has 1 unspecified atom stereocenters. The summed E-state index contributed by atoms with van der Waals surface area (Å²) < 4.78 is 5.70. The minimum Gasteiger partial charge on any atom is -0.493 e. The van der Waals surface area contributed by atoms with Gasteiger partial charge in [-0.1, -0.05) is 18.6 Å². The first-order chi connectivity index (χ1) is 9.34. The average molecular weight is 259 g/mol. The lowest BCUT2D eigenvalue weighted by Crippen LogP contribution is -2.36. The van der Waals surface area contributed by atoms with E-state index in [0.717, 1.165) is 37.4 Å². The molecule has 1 saturated heterocycles. The number of piperidine rings is 1. The second-order valence-corrected chi connectivity index (χ2v) is 5.56. The summed E-state index contributed by atoms with van der Waals surface area (Å²) in [5, 5.41) is 0. The van der Waals surface area contributed by atoms with Gasteiger partial charge in [0.15, 0.2) is 5.78 Å². The third-order valence-electron chi connectivity index (χ3n) is 4.17. The van der Waals surface area contributed by atoms with E-state index in [2.05, 4.69) is 4.90 Å². The monoisotopic (exact) mass is 259 g/mol. The molecule has 0 aromatic heterocycles. The highest BCUT2D eigenvalue weighted by Gasteiger charge is 2.28. The van der Waals surface area contributed by atoms with Crippen molar-refractivity contribution < 1.29 is 9.53 Å². The lowest BCUT2D eigenvalue weighted by atomic mass is 9.94. The Bertz CT molecular complexity index is 452. The second kappa shape index (κ2) is 5.74. The van der Waals surface area contributed by atoms with Gasteiger partial charge in [-0.3, -0.25) is 4.79 Å². The predicted octanol–water partition coefficient (Wildman–Crippen LogP) is 2.75. The largest absolute Gasteiger partial charge is 0.493 e. The zero-order valence-corrected chi connectivity index (χ0v) is 11.3. The number of fused-ring (bicyclic) bond motifs is 1. The number of benzene rings is 1. The SMILES string of the molecule is O=C1c2ccccc2OCCC1CN1CCCCC1. The standard InChI is InChI=1S/C16H21NO2/c18-16-13(12-17-9-4-1-5-10-17)8-11-19-15-7-3-2-6-14(15)16/h2-3,6-7,13H,1,4-5,8-12H2. The lowest BCUT2D eigenvalue weighted by Gasteiger charge is -2.29. The van der Waals surface area contributed by atoms with Crippen molar-refractivity contribution in [3.05, 3.63) is 29.8 Å². The third kappa shape index (κ3) is 2.81. The van der Waals surface area contributed by atoms with Crippen LogP contribution in [0.4, 0.5) is 0 Å². The number of para-hydroxylation sites is 1. The van der Waals surface area contributed by atoms with Gasteiger partial charge in [0.1, 0.15) is 5.75 Å². The van der Waals surface area contributed by atoms with Crippen molar-refractivity contribution in [2.75, 3.05) is 26.2 Å². The predicted molar refractivity (Wildman–Crippen MR) is 74.7 cm³/mol. The topological polar surface area (TPSA) is 29.5 Å². The lowest BCUT2D eigenvalue weighted by molar-refractivity contribution is 0.0859. The van der Waals surface area contributed by atoms with Crippen LogP contribution in [0.2, 0.25) is 0 Å². The van der Waals surface area contributed by atoms with Crippen LogP contribution in [0.5, 0.6) is 5.75 Å². The van der Waals surface area contributed by atoms with Gasteiger partial charge in [0, 0.05) is 12.5 Å². The fourth-order valence-corrected chi connectivity index (χ4v) is 3.09. The van der Waals surface area contributed by atoms with Gasteiger partial charge in [0.05, 0.1) is 12.2 Å². The number of rotatable bonds is 2. The van der Waals surface area contributed by atoms with Crippen LogP contribution >= 0.6 is 0 Å². The quantitative estimate of drug-likeness (QED) is 0.818. The molecule has 3 heteroatoms. The molecule has 2 aliphatic rings. The molecule has 3 nitrogen and oxygen atoms in total. The Labute approximate surface area is 114 Å². The van der Waals surface area contributed by atoms with E-state index in [4.69, 9.17) is 4.74 Å². The number of hydrogen-bond donors (Lipinski definition) is 0. The molecule has 102 valence electrons. The van der Waals surface area contributed by atoms with Crippen LogP contribution in [-0.2, 0) is 0 Å². The van der Waals surface area contributed by atoms with E-state index in [1.807, 2.05) is 24.3 Å². The number of Topliss-reactive ketones (excluding diaryl/α,β-unsaturated/α-hetero) is 1. The Morgan fingerprint density at radius 1 is 1.16 bits per heavy atom. The minimum absolute atomic E-state index is 0.0988. The molecule has 19 heavy (non-hydrogen) atoms. The van der Waals surface area contributed by atoms with Gasteiger partial charge in [-0.2, -0.15) is 0 Å². The molecule has 0 radical (unpaired) electrons. The van der Waals surface area contributed by atoms with Crippen molar-refractivity contribution in [2.45, 2.75) is 25.7 Å². The van der Waals surface area contributed by atoms with E-state index in [1.54, 1.807) is 0 Å². The summed E-state index contributed by atoms with van der Waals surface area (Å²) in [7, 11) is 0. The Kier molecular flexibility index (Phi) is 3.83. The van der Waals surface area contributed by atoms with Gasteiger partial charge >= 0.3 is 0 Å². The van der Waals surface area contributed by atoms with Crippen molar-refractivity contribution >= 4 is 5.78 Å². The maximum Gasteiger partial charge on any atom is 0.171 e. The molecule has 0 amide bonds. The van der Waals surface area contributed by atoms with Gasteiger partial charge in [-0.05, 0) is 44.5 Å². The smallest absolute Gasteiger partial charge is 0.171 e. The molecule has 0 spiro atoms. The Hall–Kier alpha value is -1.35. The Morgan fingerprint density at radius 3 is 2.79 bits per heavy atom. The van der Waals surface area contributed by atoms with Crippen LogP contribution in [0.3, 0.4) is 0 Å². The fourth-order valence-electron chi connectivity index (χ4n) is 3.09. The van der Waals surface area contributed by atoms with Crippen molar-refractivity contribution in [1.29, 1.82) is 0 Å². The van der Waals surface area contributed by atoms with Crippen LogP contribution in [0, 0.1) is 5.92 Å². The highest BCUT2D eigenvalue weighted by molar-refractivity contribution is 6.00. The third-order valence-corrected chi connectivity index (χ3v) is 4.17. The molecule has 1 fully saturated rings. The number of ketones is 1. The van der Waals surface area contributed by atoms with Gasteiger partial charge in [0.25, 0.3) is 0 Å². The van der Waals surface area contributed by atoms with Gasteiger partial charge in [-0.25, -0.2) is 0 Å². The number of ether oxygens (including phenoxy) is 1. The summed E-state index contributed by atoms with van der Waals surface area (Å²) in [6.07, 6.45) is 4.72. The van der Waals surface area contributed by atoms with Crippen LogP contribution in [0.25, 0.3) is 0 Å². The summed E-state index contributed by atoms with van der Waals surface area (Å²) in [5.74, 6) is 1.12. The van der Waals surface area contributed by atoms with Crippen LogP contribution in [-0.4, -0.2) is 36.9 Å². The zero-order chi connectivity index (χ0) is 13.1. The normalized spacial score (nSPS) is 24.4. The second-order valence-electron chi connectivity index (χ2n) is 5.56. The van der Waals surface area contributed by atoms with E-state index in [0.29, 0.717) is 6.61 Å². The molecule has 0 N–H and O–H groups in total. The van der Waals surface area contributed by atoms with Gasteiger partial charge in [0.2, 0.25) is 0 Å². The Balaban J connectivity index is 1.74. The highest BCUT2D eigenvalue weighted by Crippen LogP contribution is 2.27. The minimum atomic E-state index is 0.0988. The van der Waals surface area contributed by atoms with E-state index in [1.165, 1.54) is 19.3 Å². The first kappa shape index (κ1) is 12.7. The zero-order valence-electron chi connectivity index (χ0n) is 11.3. The number of hydrogen-bond acceptors (Lipinski definition) is 3. The summed E-state index contributed by atoms with van der Waals surface area (Å²) >= 11 is 0. The first-order valence-electron chi connectivity index (χ1n) is 7.33. The summed E-state index contributed by atoms with van der Waals surface area (Å²) in [6.45, 7) is 3.84. The van der Waals surface area contributed by atoms with E-state index in [-0.39, 0.29) is 11.7 Å². The molecule has 1 aromatic carbocycles. The fraction of sp³-hybridized carbons (Fsp3) is 0.562. The van der Waals surface area contributed by atoms with E-state index >= 15 is 0 Å². The van der Waals surface area contributed by atoms with Crippen LogP contribution in [0.15, 0.2) is 24.3 Å². The molecular formula is C16H21NO2. The maximum atomic E-state index is 12.6. The molecule has 3 rings (SSSR count). The summed E-state index contributed by atoms with van der Waals surface area (Å²) in [5.41, 5.74) is 0.766. The average Bonchev–Trinajstić information content (AvgIpc) is 2.61. The number of carbonyl (C=O) groups is 1. The molecule has 0 bridgehead atoms. The molecule has 2 heterocycles. The number of carbonyl (C=O) groups excluding carboxylic acids is 1. The number of likely N-dealkylation sites (tertiary alicyclic amines) is 1. The van der Waals surface area contributed by atoms with Gasteiger partial charge in [-0.15, -0.1) is 0 Å². The van der Waals surface area contributed by atoms with E-state index in [9.17, 15) is 4.79 Å². The first-order valence-corrected chi connectivity index (χ1v) is 7.33. The molecule has 0 saturated carbocycles. The molecule has 2 aliphatic heterocycles. The summed E-state index contributed by atoms with van der Waals surface area (Å²) in [6, 6.07) is 7.64. The van der Waals surface area contributed by atoms with E-state index < -0.39 is 0 Å². The summed E-state index contributed by atoms with van der Waals surface area (Å²) in [4.78, 5) is 15.0. The molecule has 0 aliphatic carbocycles. The van der Waals surface area contributed by atoms with Crippen LogP contribution in [0.1, 0.15) is 36.0 Å².